The van der Waals surface area contributed by atoms with Gasteiger partial charge < -0.3 is 14.2 Å². The Morgan fingerprint density at radius 3 is 2.68 bits per heavy atom. The van der Waals surface area contributed by atoms with E-state index in [9.17, 15) is 0 Å². The zero-order valence-electron chi connectivity index (χ0n) is 16.0. The molecule has 6 nitrogen and oxygen atoms in total. The van der Waals surface area contributed by atoms with Gasteiger partial charge in [0.15, 0.2) is 0 Å². The number of ether oxygens (including phenoxy) is 1. The van der Waals surface area contributed by atoms with Crippen molar-refractivity contribution in [2.75, 3.05) is 46.4 Å². The number of hydrogen-bond donors (Lipinski definition) is 0. The Morgan fingerprint density at radius 2 is 1.89 bits per heavy atom. The molecule has 3 aromatic rings. The van der Waals surface area contributed by atoms with E-state index in [4.69, 9.17) is 27.9 Å². The number of rotatable bonds is 5. The summed E-state index contributed by atoms with van der Waals surface area (Å²) >= 11 is 12.3. The van der Waals surface area contributed by atoms with Crippen molar-refractivity contribution < 1.29 is 4.74 Å². The Labute approximate surface area is 174 Å². The lowest BCUT2D eigenvalue weighted by atomic mass is 10.1. The number of likely N-dealkylation sites (N-methyl/N-ethyl adjacent to an activating group) is 1. The molecule has 0 N–H and O–H groups in total. The fourth-order valence-electron chi connectivity index (χ4n) is 3.54. The van der Waals surface area contributed by atoms with Gasteiger partial charge in [-0.3, -0.25) is 4.90 Å². The van der Waals surface area contributed by atoms with Crippen LogP contribution in [0.5, 0.6) is 5.75 Å². The zero-order valence-corrected chi connectivity index (χ0v) is 17.5. The third-order valence-electron chi connectivity index (χ3n) is 5.20. The van der Waals surface area contributed by atoms with Crippen LogP contribution in [0.2, 0.25) is 10.3 Å². The Bertz CT molecular complexity index is 982. The first-order chi connectivity index (χ1) is 13.5. The molecule has 8 heteroatoms. The molecule has 0 bridgehead atoms. The summed E-state index contributed by atoms with van der Waals surface area (Å²) in [5.74, 6) is 0.862. The maximum Gasteiger partial charge on any atom is 0.222 e. The van der Waals surface area contributed by atoms with Crippen molar-refractivity contribution in [3.8, 4) is 17.0 Å². The summed E-state index contributed by atoms with van der Waals surface area (Å²) in [6.45, 7) is 6.06. The third-order valence-corrected chi connectivity index (χ3v) is 5.66. The molecule has 1 saturated heterocycles. The smallest absolute Gasteiger partial charge is 0.222 e. The molecule has 0 saturated carbocycles. The zero-order chi connectivity index (χ0) is 19.7. The normalized spacial score (nSPS) is 16.0. The van der Waals surface area contributed by atoms with Crippen LogP contribution in [0.25, 0.3) is 22.2 Å². The highest BCUT2D eigenvalue weighted by Crippen LogP contribution is 2.35. The average molecular weight is 420 g/mol. The second kappa shape index (κ2) is 8.25. The number of hydrogen-bond acceptors (Lipinski definition) is 5. The van der Waals surface area contributed by atoms with Crippen LogP contribution in [0.15, 0.2) is 30.6 Å². The summed E-state index contributed by atoms with van der Waals surface area (Å²) in [4.78, 5) is 13.0. The molecule has 2 aromatic heterocycles. The van der Waals surface area contributed by atoms with Crippen LogP contribution in [0.4, 0.5) is 0 Å². The molecular formula is C20H23Cl2N5O. The Balaban J connectivity index is 1.50. The van der Waals surface area contributed by atoms with Crippen LogP contribution in [-0.2, 0) is 7.05 Å². The van der Waals surface area contributed by atoms with E-state index in [2.05, 4.69) is 32.9 Å². The van der Waals surface area contributed by atoms with E-state index >= 15 is 0 Å². The largest absolute Gasteiger partial charge is 0.492 e. The first-order valence-electron chi connectivity index (χ1n) is 9.32. The third kappa shape index (κ3) is 4.10. The molecular weight excluding hydrogens is 397 g/mol. The van der Waals surface area contributed by atoms with Crippen LogP contribution in [0.3, 0.4) is 0 Å². The van der Waals surface area contributed by atoms with E-state index in [0.29, 0.717) is 17.3 Å². The minimum atomic E-state index is 0.181. The van der Waals surface area contributed by atoms with E-state index in [-0.39, 0.29) is 5.28 Å². The molecule has 28 heavy (non-hydrogen) atoms. The van der Waals surface area contributed by atoms with Crippen molar-refractivity contribution in [3.63, 3.8) is 0 Å². The number of fused-ring (bicyclic) bond motifs is 1. The van der Waals surface area contributed by atoms with Gasteiger partial charge in [0.25, 0.3) is 0 Å². The van der Waals surface area contributed by atoms with Crippen molar-refractivity contribution in [2.24, 2.45) is 7.05 Å². The van der Waals surface area contributed by atoms with Gasteiger partial charge in [-0.1, -0.05) is 11.6 Å². The van der Waals surface area contributed by atoms with Gasteiger partial charge >= 0.3 is 0 Å². The first kappa shape index (κ1) is 19.5. The van der Waals surface area contributed by atoms with Crippen LogP contribution in [-0.4, -0.2) is 70.7 Å². The summed E-state index contributed by atoms with van der Waals surface area (Å²) in [5.41, 5.74) is 2.62. The fourth-order valence-corrected chi connectivity index (χ4v) is 3.87. The summed E-state index contributed by atoms with van der Waals surface area (Å²) in [7, 11) is 4.16. The van der Waals surface area contributed by atoms with E-state index in [0.717, 1.165) is 54.9 Å². The molecule has 4 rings (SSSR count). The monoisotopic (exact) mass is 419 g/mol. The van der Waals surface area contributed by atoms with Gasteiger partial charge in [-0.25, -0.2) is 9.97 Å². The van der Waals surface area contributed by atoms with Gasteiger partial charge in [-0.2, -0.15) is 0 Å². The minimum Gasteiger partial charge on any atom is -0.492 e. The number of piperazine rings is 1. The number of nitrogens with zero attached hydrogens (tertiary/aromatic N) is 5. The van der Waals surface area contributed by atoms with E-state index < -0.39 is 0 Å². The number of halogens is 2. The molecule has 1 aliphatic heterocycles. The molecule has 0 amide bonds. The molecule has 0 unspecified atom stereocenters. The molecule has 0 atom stereocenters. The van der Waals surface area contributed by atoms with Crippen molar-refractivity contribution in [3.05, 3.63) is 40.9 Å². The maximum absolute atomic E-state index is 6.30. The van der Waals surface area contributed by atoms with Crippen molar-refractivity contribution in [1.29, 1.82) is 0 Å². The summed E-state index contributed by atoms with van der Waals surface area (Å²) in [6.07, 6.45) is 3.53. The van der Waals surface area contributed by atoms with Crippen LogP contribution in [0, 0.1) is 0 Å². The fraction of sp³-hybridized carbons (Fsp3) is 0.400. The molecule has 3 heterocycles. The standard InChI is InChI=1S/C20H23Cl2N5O/c1-25-5-7-27(8-6-25)9-10-28-14-3-4-15-16(13-26(2)18(15)11-14)19-17(21)12-23-20(22)24-19/h3-4,11-13H,5-10H2,1-2H3. The van der Waals surface area contributed by atoms with Gasteiger partial charge in [-0.05, 0) is 30.8 Å². The molecule has 148 valence electrons. The van der Waals surface area contributed by atoms with Gasteiger partial charge in [-0.15, -0.1) is 0 Å². The lowest BCUT2D eigenvalue weighted by molar-refractivity contribution is 0.134. The van der Waals surface area contributed by atoms with E-state index in [1.165, 1.54) is 6.20 Å². The summed E-state index contributed by atoms with van der Waals surface area (Å²) < 4.78 is 8.06. The SMILES string of the molecule is CN1CCN(CCOc2ccc3c(-c4nc(Cl)ncc4Cl)cn(C)c3c2)CC1. The van der Waals surface area contributed by atoms with Gasteiger partial charge in [0.2, 0.25) is 5.28 Å². The molecule has 1 fully saturated rings. The predicted octanol–water partition coefficient (Wildman–Crippen LogP) is 3.57. The van der Waals surface area contributed by atoms with Crippen LogP contribution in [0.1, 0.15) is 0 Å². The number of aromatic nitrogens is 3. The Morgan fingerprint density at radius 1 is 1.11 bits per heavy atom. The van der Waals surface area contributed by atoms with E-state index in [1.807, 2.05) is 29.9 Å². The topological polar surface area (TPSA) is 46.4 Å². The van der Waals surface area contributed by atoms with Crippen molar-refractivity contribution in [1.82, 2.24) is 24.3 Å². The lowest BCUT2D eigenvalue weighted by Gasteiger charge is -2.32. The number of aryl methyl sites for hydroxylation is 1. The molecule has 0 spiro atoms. The molecule has 0 aliphatic carbocycles. The van der Waals surface area contributed by atoms with Crippen LogP contribution >= 0.6 is 23.2 Å². The first-order valence-corrected chi connectivity index (χ1v) is 10.1. The maximum atomic E-state index is 6.30. The average Bonchev–Trinajstić information content (AvgIpc) is 3.01. The molecule has 0 radical (unpaired) electrons. The Kier molecular flexibility index (Phi) is 5.73. The quantitative estimate of drug-likeness (QED) is 0.591. The Hall–Kier alpha value is -1.86. The second-order valence-corrected chi connectivity index (χ2v) is 7.91. The minimum absolute atomic E-state index is 0.181. The van der Waals surface area contributed by atoms with Gasteiger partial charge in [0, 0.05) is 63.0 Å². The van der Waals surface area contributed by atoms with Crippen molar-refractivity contribution in [2.45, 2.75) is 0 Å². The predicted molar refractivity (Wildman–Crippen MR) is 113 cm³/mol. The second-order valence-electron chi connectivity index (χ2n) is 7.16. The van der Waals surface area contributed by atoms with E-state index in [1.54, 1.807) is 0 Å². The van der Waals surface area contributed by atoms with Gasteiger partial charge in [0.1, 0.15) is 12.4 Å². The van der Waals surface area contributed by atoms with Crippen LogP contribution < -0.4 is 4.74 Å². The van der Waals surface area contributed by atoms with Crippen molar-refractivity contribution >= 4 is 34.1 Å². The molecule has 1 aliphatic rings. The number of benzene rings is 1. The highest BCUT2D eigenvalue weighted by Gasteiger charge is 2.16. The highest BCUT2D eigenvalue weighted by atomic mass is 35.5. The van der Waals surface area contributed by atoms with Gasteiger partial charge in [0.05, 0.1) is 22.4 Å². The summed E-state index contributed by atoms with van der Waals surface area (Å²) in [5, 5.41) is 1.70. The molecule has 1 aromatic carbocycles. The summed E-state index contributed by atoms with van der Waals surface area (Å²) in [6, 6.07) is 6.09. The lowest BCUT2D eigenvalue weighted by Crippen LogP contribution is -2.45. The highest BCUT2D eigenvalue weighted by molar-refractivity contribution is 6.34.